The summed E-state index contributed by atoms with van der Waals surface area (Å²) in [6.45, 7) is 4.27. The molecule has 0 aliphatic carbocycles. The Morgan fingerprint density at radius 3 is 2.44 bits per heavy atom. The van der Waals surface area contributed by atoms with Crippen molar-refractivity contribution in [2.45, 2.75) is 31.8 Å². The summed E-state index contributed by atoms with van der Waals surface area (Å²) in [6, 6.07) is 18.4. The van der Waals surface area contributed by atoms with Crippen molar-refractivity contribution in [3.8, 4) is 0 Å². The predicted octanol–water partition coefficient (Wildman–Crippen LogP) is 5.31. The number of carbonyl (C=O) groups excluding carboxylic acids is 1. The molecule has 6 nitrogen and oxygen atoms in total. The van der Waals surface area contributed by atoms with E-state index in [9.17, 15) is 17.6 Å². The second kappa shape index (κ2) is 11.3. The van der Waals surface area contributed by atoms with Gasteiger partial charge >= 0.3 is 0 Å². The summed E-state index contributed by atoms with van der Waals surface area (Å²) in [5.74, 6) is -0.684. The Kier molecular flexibility index (Phi) is 8.13. The van der Waals surface area contributed by atoms with Gasteiger partial charge in [0, 0.05) is 29.5 Å². The molecule has 188 valence electrons. The van der Waals surface area contributed by atoms with E-state index in [1.165, 1.54) is 33.8 Å². The van der Waals surface area contributed by atoms with E-state index >= 15 is 0 Å². The number of hydrogen-bond donors (Lipinski definition) is 0. The molecule has 0 radical (unpaired) electrons. The zero-order valence-corrected chi connectivity index (χ0v) is 21.8. The summed E-state index contributed by atoms with van der Waals surface area (Å²) >= 11 is 1.52. The molecule has 4 rings (SSSR count). The highest BCUT2D eigenvalue weighted by Crippen LogP contribution is 2.25. The molecule has 4 aromatic rings. The first-order valence-corrected chi connectivity index (χ1v) is 13.9. The van der Waals surface area contributed by atoms with Crippen LogP contribution in [0.25, 0.3) is 10.9 Å². The number of halogens is 1. The number of thiophene rings is 1. The molecule has 2 heterocycles. The van der Waals surface area contributed by atoms with Crippen LogP contribution in [0.3, 0.4) is 0 Å². The summed E-state index contributed by atoms with van der Waals surface area (Å²) in [5.41, 5.74) is 1.14. The Balaban J connectivity index is 1.65. The molecule has 0 unspecified atom stereocenters. The number of hydrogen-bond acceptors (Lipinski definition) is 5. The van der Waals surface area contributed by atoms with Crippen molar-refractivity contribution in [2.75, 3.05) is 13.1 Å². The molecular weight excluding hydrogens is 497 g/mol. The lowest BCUT2D eigenvalue weighted by molar-refractivity contribution is -0.132. The van der Waals surface area contributed by atoms with Gasteiger partial charge in [0.1, 0.15) is 10.7 Å². The van der Waals surface area contributed by atoms with Gasteiger partial charge in [-0.05, 0) is 47.2 Å². The van der Waals surface area contributed by atoms with E-state index < -0.39 is 10.0 Å². The van der Waals surface area contributed by atoms with Gasteiger partial charge in [-0.1, -0.05) is 50.2 Å². The fourth-order valence-corrected chi connectivity index (χ4v) is 6.40. The van der Waals surface area contributed by atoms with Crippen LogP contribution in [-0.4, -0.2) is 41.6 Å². The Bertz CT molecular complexity index is 1420. The molecule has 2 aromatic carbocycles. The molecule has 1 amide bonds. The van der Waals surface area contributed by atoms with Crippen LogP contribution in [0.4, 0.5) is 4.39 Å². The maximum absolute atomic E-state index is 13.8. The fraction of sp³-hybridized carbons (Fsp3) is 0.259. The number of nitrogens with zero attached hydrogens (tertiary/aromatic N) is 3. The van der Waals surface area contributed by atoms with Gasteiger partial charge in [0.2, 0.25) is 15.9 Å². The van der Waals surface area contributed by atoms with Gasteiger partial charge in [0.15, 0.2) is 0 Å². The molecule has 0 bridgehead atoms. The molecule has 0 spiro atoms. The molecule has 0 aliphatic heterocycles. The lowest BCUT2D eigenvalue weighted by atomic mass is 10.2. The van der Waals surface area contributed by atoms with Crippen molar-refractivity contribution >= 4 is 38.2 Å². The van der Waals surface area contributed by atoms with E-state index in [0.717, 1.165) is 10.4 Å². The monoisotopic (exact) mass is 525 g/mol. The number of benzene rings is 2. The van der Waals surface area contributed by atoms with Crippen LogP contribution < -0.4 is 0 Å². The molecule has 36 heavy (non-hydrogen) atoms. The maximum atomic E-state index is 13.8. The van der Waals surface area contributed by atoms with Gasteiger partial charge in [-0.3, -0.25) is 9.78 Å². The molecule has 0 aliphatic rings. The number of para-hydroxylation sites is 1. The third kappa shape index (κ3) is 6.16. The van der Waals surface area contributed by atoms with E-state index in [1.807, 2.05) is 43.5 Å². The minimum absolute atomic E-state index is 0.00152. The van der Waals surface area contributed by atoms with E-state index in [-0.39, 0.29) is 42.2 Å². The topological polar surface area (TPSA) is 70.6 Å². The zero-order chi connectivity index (χ0) is 25.7. The van der Waals surface area contributed by atoms with Crippen LogP contribution in [0, 0.1) is 11.7 Å². The van der Waals surface area contributed by atoms with Gasteiger partial charge < -0.3 is 4.90 Å². The molecule has 9 heteroatoms. The van der Waals surface area contributed by atoms with E-state index in [0.29, 0.717) is 17.4 Å². The summed E-state index contributed by atoms with van der Waals surface area (Å²) in [6.07, 6.45) is 1.56. The van der Waals surface area contributed by atoms with Crippen molar-refractivity contribution in [3.63, 3.8) is 0 Å². The van der Waals surface area contributed by atoms with Gasteiger partial charge in [-0.25, -0.2) is 12.8 Å². The Hall–Kier alpha value is -3.14. The van der Waals surface area contributed by atoms with Crippen molar-refractivity contribution in [2.24, 2.45) is 5.92 Å². The number of carbonyl (C=O) groups is 1. The minimum Gasteiger partial charge on any atom is -0.332 e. The van der Waals surface area contributed by atoms with Crippen molar-refractivity contribution in [1.29, 1.82) is 0 Å². The van der Waals surface area contributed by atoms with E-state index in [1.54, 1.807) is 35.4 Å². The second-order valence-corrected chi connectivity index (χ2v) is 11.9. The van der Waals surface area contributed by atoms with Gasteiger partial charge in [0.25, 0.3) is 0 Å². The van der Waals surface area contributed by atoms with Gasteiger partial charge in [-0.15, -0.1) is 11.3 Å². The summed E-state index contributed by atoms with van der Waals surface area (Å²) in [4.78, 5) is 20.6. The number of fused-ring (bicyclic) bond motifs is 1. The third-order valence-electron chi connectivity index (χ3n) is 5.66. The van der Waals surface area contributed by atoms with Crippen molar-refractivity contribution in [1.82, 2.24) is 14.2 Å². The third-order valence-corrected chi connectivity index (χ3v) is 8.36. The molecule has 0 fully saturated rings. The molecule has 2 aromatic heterocycles. The number of sulfonamides is 1. The lowest BCUT2D eigenvalue weighted by Crippen LogP contribution is -2.43. The highest BCUT2D eigenvalue weighted by molar-refractivity contribution is 7.89. The van der Waals surface area contributed by atoms with Crippen LogP contribution in [0.2, 0.25) is 0 Å². The van der Waals surface area contributed by atoms with Gasteiger partial charge in [0.05, 0.1) is 18.6 Å². The van der Waals surface area contributed by atoms with E-state index in [4.69, 9.17) is 0 Å². The number of aromatic nitrogens is 1. The number of rotatable bonds is 10. The normalized spacial score (nSPS) is 11.9. The SMILES string of the molecule is CC(C)CN(CC(=O)N(Cc1ccc(F)cc1)Cc1cccs1)S(=O)(=O)c1cccc2cccnc12. The minimum atomic E-state index is -4.02. The maximum Gasteiger partial charge on any atom is 0.245 e. The Morgan fingerprint density at radius 1 is 1.00 bits per heavy atom. The first-order chi connectivity index (χ1) is 17.2. The van der Waals surface area contributed by atoms with Crippen LogP contribution in [0.1, 0.15) is 24.3 Å². The second-order valence-electron chi connectivity index (χ2n) is 8.98. The first kappa shape index (κ1) is 25.9. The highest BCUT2D eigenvalue weighted by atomic mass is 32.2. The number of amides is 1. The molecule has 0 saturated carbocycles. The Labute approximate surface area is 215 Å². The summed E-state index contributed by atoms with van der Waals surface area (Å²) in [7, 11) is -4.02. The molecule has 0 atom stereocenters. The summed E-state index contributed by atoms with van der Waals surface area (Å²) < 4.78 is 42.3. The van der Waals surface area contributed by atoms with Crippen LogP contribution in [0.15, 0.2) is 83.2 Å². The quantitative estimate of drug-likeness (QED) is 0.281. The lowest BCUT2D eigenvalue weighted by Gasteiger charge is -2.28. The first-order valence-electron chi connectivity index (χ1n) is 11.6. The predicted molar refractivity (Wildman–Crippen MR) is 140 cm³/mol. The molecule has 0 N–H and O–H groups in total. The highest BCUT2D eigenvalue weighted by Gasteiger charge is 2.31. The smallest absolute Gasteiger partial charge is 0.245 e. The van der Waals surface area contributed by atoms with Crippen LogP contribution in [-0.2, 0) is 27.9 Å². The molecule has 0 saturated heterocycles. The zero-order valence-electron chi connectivity index (χ0n) is 20.2. The average molecular weight is 526 g/mol. The standard InChI is InChI=1S/C27H28FN3O3S2/c1-20(2)16-31(36(33,34)25-9-3-6-22-7-4-14-29-27(22)25)19-26(32)30(18-24-8-5-15-35-24)17-21-10-12-23(28)13-11-21/h3-15,20H,16-19H2,1-2H3. The molecular formula is C27H28FN3O3S2. The van der Waals surface area contributed by atoms with Crippen molar-refractivity contribution < 1.29 is 17.6 Å². The Morgan fingerprint density at radius 2 is 1.75 bits per heavy atom. The van der Waals surface area contributed by atoms with Crippen LogP contribution >= 0.6 is 11.3 Å². The summed E-state index contributed by atoms with van der Waals surface area (Å²) in [5, 5.41) is 2.64. The van der Waals surface area contributed by atoms with Crippen molar-refractivity contribution in [3.05, 3.63) is 94.6 Å². The fourth-order valence-electron chi connectivity index (χ4n) is 3.96. The van der Waals surface area contributed by atoms with Crippen LogP contribution in [0.5, 0.6) is 0 Å². The van der Waals surface area contributed by atoms with E-state index in [2.05, 4.69) is 4.98 Å². The number of pyridine rings is 1. The van der Waals surface area contributed by atoms with Gasteiger partial charge in [-0.2, -0.15) is 4.31 Å². The largest absolute Gasteiger partial charge is 0.332 e. The average Bonchev–Trinajstić information content (AvgIpc) is 3.37.